The summed E-state index contributed by atoms with van der Waals surface area (Å²) in [5.41, 5.74) is 5.07. The topological polar surface area (TPSA) is 63.3 Å². The van der Waals surface area contributed by atoms with Crippen LogP contribution in [0.25, 0.3) is 0 Å². The third-order valence-corrected chi connectivity index (χ3v) is 0.913. The molecule has 52 valence electrons. The molecule has 0 aromatic carbocycles. The van der Waals surface area contributed by atoms with Gasteiger partial charge in [0.1, 0.15) is 6.04 Å². The minimum atomic E-state index is -1.06. The maximum Gasteiger partial charge on any atom is 0.320 e. The lowest BCUT2D eigenvalue weighted by Crippen LogP contribution is -2.29. The van der Waals surface area contributed by atoms with E-state index in [0.717, 1.165) is 0 Å². The van der Waals surface area contributed by atoms with E-state index in [1.165, 1.54) is 0 Å². The predicted molar refractivity (Wildman–Crippen MR) is 35.2 cm³/mol. The largest absolute Gasteiger partial charge is 0.480 e. The van der Waals surface area contributed by atoms with Crippen LogP contribution in [0.15, 0.2) is 11.6 Å². The van der Waals surface area contributed by atoms with Crippen molar-refractivity contribution in [3.05, 3.63) is 11.6 Å². The van der Waals surface area contributed by atoms with Gasteiger partial charge in [-0.2, -0.15) is 0 Å². The number of nitrogens with two attached hydrogens (primary N) is 1. The highest BCUT2D eigenvalue weighted by molar-refractivity contribution is 6.29. The van der Waals surface area contributed by atoms with E-state index in [-0.39, 0.29) is 11.5 Å². The summed E-state index contributed by atoms with van der Waals surface area (Å²) < 4.78 is 0. The molecule has 0 aliphatic rings. The van der Waals surface area contributed by atoms with E-state index < -0.39 is 12.0 Å². The van der Waals surface area contributed by atoms with Gasteiger partial charge in [0, 0.05) is 11.5 Å². The van der Waals surface area contributed by atoms with Crippen molar-refractivity contribution in [1.82, 2.24) is 0 Å². The van der Waals surface area contributed by atoms with Crippen LogP contribution in [-0.4, -0.2) is 17.1 Å². The second-order valence-electron chi connectivity index (χ2n) is 1.67. The maximum absolute atomic E-state index is 10.0. The number of rotatable bonds is 3. The number of halogens is 1. The van der Waals surface area contributed by atoms with Gasteiger partial charge in [-0.3, -0.25) is 4.79 Å². The lowest BCUT2D eigenvalue weighted by molar-refractivity contribution is -0.138. The predicted octanol–water partition coefficient (Wildman–Crippen LogP) is 0.541. The van der Waals surface area contributed by atoms with Crippen molar-refractivity contribution in [1.29, 1.82) is 0 Å². The van der Waals surface area contributed by atoms with E-state index in [9.17, 15) is 4.79 Å². The van der Waals surface area contributed by atoms with Crippen molar-refractivity contribution in [2.75, 3.05) is 0 Å². The Morgan fingerprint density at radius 3 is 2.44 bits per heavy atom. The monoisotopic (exact) mass is 149 g/mol. The molecule has 0 amide bonds. The Hall–Kier alpha value is -0.540. The fraction of sp³-hybridized carbons (Fsp3) is 0.400. The van der Waals surface area contributed by atoms with Gasteiger partial charge < -0.3 is 10.8 Å². The van der Waals surface area contributed by atoms with Gasteiger partial charge >= 0.3 is 5.97 Å². The van der Waals surface area contributed by atoms with Gasteiger partial charge in [0.05, 0.1) is 0 Å². The molecule has 0 spiro atoms. The van der Waals surface area contributed by atoms with Crippen molar-refractivity contribution < 1.29 is 9.90 Å². The van der Waals surface area contributed by atoms with Gasteiger partial charge in [-0.1, -0.05) is 18.2 Å². The van der Waals surface area contributed by atoms with Gasteiger partial charge in [0.25, 0.3) is 0 Å². The molecule has 0 aromatic heterocycles. The van der Waals surface area contributed by atoms with E-state index in [1.807, 2.05) is 0 Å². The molecule has 0 aromatic rings. The number of hydrogen-bond acceptors (Lipinski definition) is 2. The van der Waals surface area contributed by atoms with Crippen LogP contribution in [0.1, 0.15) is 6.42 Å². The van der Waals surface area contributed by atoms with Crippen LogP contribution < -0.4 is 5.73 Å². The molecular formula is C5H8ClNO2. The minimum Gasteiger partial charge on any atom is -0.480 e. The number of aliphatic carboxylic acids is 1. The van der Waals surface area contributed by atoms with Gasteiger partial charge in [-0.15, -0.1) is 0 Å². The standard InChI is InChI=1S/C5H8ClNO2/c1-3(6)2-4(7)5(8)9/h4H,1-2,7H2,(H,8,9)/t4-/m1/s1. The van der Waals surface area contributed by atoms with Crippen molar-refractivity contribution in [2.24, 2.45) is 5.73 Å². The van der Waals surface area contributed by atoms with E-state index in [1.54, 1.807) is 0 Å². The highest BCUT2D eigenvalue weighted by atomic mass is 35.5. The Morgan fingerprint density at radius 2 is 2.33 bits per heavy atom. The van der Waals surface area contributed by atoms with Crippen LogP contribution in [0.4, 0.5) is 0 Å². The quantitative estimate of drug-likeness (QED) is 0.616. The van der Waals surface area contributed by atoms with E-state index in [0.29, 0.717) is 0 Å². The zero-order valence-electron chi connectivity index (χ0n) is 4.80. The summed E-state index contributed by atoms with van der Waals surface area (Å²) >= 11 is 5.28. The first kappa shape index (κ1) is 8.46. The van der Waals surface area contributed by atoms with E-state index in [2.05, 4.69) is 6.58 Å². The van der Waals surface area contributed by atoms with Crippen LogP contribution in [0.5, 0.6) is 0 Å². The van der Waals surface area contributed by atoms with E-state index in [4.69, 9.17) is 22.4 Å². The van der Waals surface area contributed by atoms with Crippen LogP contribution in [0.3, 0.4) is 0 Å². The molecule has 9 heavy (non-hydrogen) atoms. The first-order valence-electron chi connectivity index (χ1n) is 2.35. The lowest BCUT2D eigenvalue weighted by atomic mass is 10.2. The molecule has 0 aliphatic heterocycles. The summed E-state index contributed by atoms with van der Waals surface area (Å²) in [6, 6.07) is -0.921. The Morgan fingerprint density at radius 1 is 1.89 bits per heavy atom. The van der Waals surface area contributed by atoms with Crippen molar-refractivity contribution in [3.8, 4) is 0 Å². The smallest absolute Gasteiger partial charge is 0.320 e. The zero-order chi connectivity index (χ0) is 7.44. The molecule has 3 N–H and O–H groups in total. The average Bonchev–Trinajstić information content (AvgIpc) is 1.63. The second-order valence-corrected chi connectivity index (χ2v) is 2.20. The lowest BCUT2D eigenvalue weighted by Gasteiger charge is -2.01. The number of carboxylic acids is 1. The normalized spacial score (nSPS) is 12.7. The van der Waals surface area contributed by atoms with Crippen LogP contribution in [0.2, 0.25) is 0 Å². The van der Waals surface area contributed by atoms with Crippen LogP contribution >= 0.6 is 11.6 Å². The van der Waals surface area contributed by atoms with Gasteiger partial charge in [0.2, 0.25) is 0 Å². The molecular weight excluding hydrogens is 142 g/mol. The fourth-order valence-corrected chi connectivity index (χ4v) is 0.492. The first-order chi connectivity index (χ1) is 4.04. The molecule has 0 heterocycles. The summed E-state index contributed by atoms with van der Waals surface area (Å²) in [5, 5.41) is 8.47. The minimum absolute atomic E-state index is 0.122. The molecule has 0 bridgehead atoms. The molecule has 0 saturated carbocycles. The number of carboxylic acid groups (broad SMARTS) is 1. The second kappa shape index (κ2) is 3.48. The summed E-state index contributed by atoms with van der Waals surface area (Å²) in [5.74, 6) is -1.06. The van der Waals surface area contributed by atoms with Crippen LogP contribution in [-0.2, 0) is 4.79 Å². The fourth-order valence-electron chi connectivity index (χ4n) is 0.326. The SMILES string of the molecule is C=C(Cl)C[C@@H](N)C(=O)O. The molecule has 1 atom stereocenters. The maximum atomic E-state index is 10.0. The number of hydrogen-bond donors (Lipinski definition) is 2. The molecule has 0 fully saturated rings. The summed E-state index contributed by atoms with van der Waals surface area (Å²) in [7, 11) is 0. The summed E-state index contributed by atoms with van der Waals surface area (Å²) in [4.78, 5) is 10.0. The Kier molecular flexibility index (Phi) is 3.27. The molecule has 4 heteroatoms. The molecule has 0 aliphatic carbocycles. The highest BCUT2D eigenvalue weighted by Gasteiger charge is 2.10. The Labute approximate surface area is 58.1 Å². The average molecular weight is 150 g/mol. The Bertz CT molecular complexity index is 135. The summed E-state index contributed by atoms with van der Waals surface area (Å²) in [6.07, 6.45) is 0.122. The summed E-state index contributed by atoms with van der Waals surface area (Å²) in [6.45, 7) is 3.30. The molecule has 3 nitrogen and oxygen atoms in total. The molecule has 0 radical (unpaired) electrons. The van der Waals surface area contributed by atoms with Crippen molar-refractivity contribution in [2.45, 2.75) is 12.5 Å². The van der Waals surface area contributed by atoms with Crippen molar-refractivity contribution in [3.63, 3.8) is 0 Å². The van der Waals surface area contributed by atoms with Crippen molar-refractivity contribution >= 4 is 17.6 Å². The molecule has 0 rings (SSSR count). The van der Waals surface area contributed by atoms with Gasteiger partial charge in [-0.25, -0.2) is 0 Å². The van der Waals surface area contributed by atoms with Gasteiger partial charge in [0.15, 0.2) is 0 Å². The van der Waals surface area contributed by atoms with Crippen LogP contribution in [0, 0.1) is 0 Å². The molecule has 0 saturated heterocycles. The number of carbonyl (C=O) groups is 1. The van der Waals surface area contributed by atoms with Gasteiger partial charge in [-0.05, 0) is 0 Å². The third-order valence-electron chi connectivity index (χ3n) is 0.759. The van der Waals surface area contributed by atoms with E-state index >= 15 is 0 Å². The highest BCUT2D eigenvalue weighted by Crippen LogP contribution is 2.04. The molecule has 0 unspecified atom stereocenters. The first-order valence-corrected chi connectivity index (χ1v) is 2.73. The zero-order valence-corrected chi connectivity index (χ0v) is 5.56. The Balaban J connectivity index is 3.63. The third kappa shape index (κ3) is 4.00.